The second-order valence-electron chi connectivity index (χ2n) is 3.70. The van der Waals surface area contributed by atoms with Gasteiger partial charge in [0, 0.05) is 26.9 Å². The van der Waals surface area contributed by atoms with Crippen LogP contribution in [0.5, 0.6) is 0 Å². The normalized spacial score (nSPS) is 10.7. The van der Waals surface area contributed by atoms with Gasteiger partial charge < -0.3 is 4.57 Å². The van der Waals surface area contributed by atoms with Crippen molar-refractivity contribution in [1.29, 1.82) is 0 Å². The summed E-state index contributed by atoms with van der Waals surface area (Å²) in [5.74, 6) is 0. The molecule has 1 aromatic heterocycles. The molecule has 5 nitrogen and oxygen atoms in total. The molecule has 1 aromatic carbocycles. The average molecular weight is 517 g/mol. The standard InChI is InChI=1S/C10H7Br4N5/c11-5-6(12)8(14)10-9(7(5)13)16-4-19(10)3-1-2-17-18-15/h4H,1-3H2. The van der Waals surface area contributed by atoms with Crippen LogP contribution in [-0.4, -0.2) is 16.1 Å². The summed E-state index contributed by atoms with van der Waals surface area (Å²) in [6, 6.07) is 0. The lowest BCUT2D eigenvalue weighted by atomic mass is 10.3. The molecule has 0 aliphatic heterocycles. The Bertz CT molecular complexity index is 674. The van der Waals surface area contributed by atoms with Gasteiger partial charge in [-0.3, -0.25) is 0 Å². The molecule has 0 spiro atoms. The van der Waals surface area contributed by atoms with Crippen molar-refractivity contribution in [2.45, 2.75) is 13.0 Å². The molecule has 0 bridgehead atoms. The summed E-state index contributed by atoms with van der Waals surface area (Å²) in [6.07, 6.45) is 2.56. The van der Waals surface area contributed by atoms with Crippen LogP contribution in [0.4, 0.5) is 0 Å². The van der Waals surface area contributed by atoms with E-state index in [1.54, 1.807) is 6.33 Å². The number of halogens is 4. The number of rotatable bonds is 4. The number of hydrogen-bond donors (Lipinski definition) is 0. The van der Waals surface area contributed by atoms with E-state index in [4.69, 9.17) is 5.53 Å². The van der Waals surface area contributed by atoms with Crippen LogP contribution >= 0.6 is 63.7 Å². The van der Waals surface area contributed by atoms with E-state index in [0.717, 1.165) is 41.9 Å². The van der Waals surface area contributed by atoms with Crippen LogP contribution in [-0.2, 0) is 6.54 Å². The minimum atomic E-state index is 0.479. The first kappa shape index (κ1) is 15.3. The van der Waals surface area contributed by atoms with Crippen molar-refractivity contribution in [2.24, 2.45) is 5.11 Å². The average Bonchev–Trinajstić information content (AvgIpc) is 2.83. The number of aromatic nitrogens is 2. The summed E-state index contributed by atoms with van der Waals surface area (Å²) >= 11 is 14.1. The Balaban J connectivity index is 2.44. The van der Waals surface area contributed by atoms with E-state index in [0.29, 0.717) is 6.54 Å². The Morgan fingerprint density at radius 3 is 2.53 bits per heavy atom. The number of aryl methyl sites for hydroxylation is 1. The first-order valence-electron chi connectivity index (χ1n) is 5.25. The third-order valence-corrected chi connectivity index (χ3v) is 7.28. The highest BCUT2D eigenvalue weighted by atomic mass is 79.9. The van der Waals surface area contributed by atoms with Crippen molar-refractivity contribution in [1.82, 2.24) is 9.55 Å². The van der Waals surface area contributed by atoms with Crippen molar-refractivity contribution < 1.29 is 0 Å². The quantitative estimate of drug-likeness (QED) is 0.127. The van der Waals surface area contributed by atoms with Gasteiger partial charge in [0.05, 0.1) is 20.8 Å². The molecule has 0 saturated heterocycles. The zero-order valence-corrected chi connectivity index (χ0v) is 15.8. The molecular formula is C10H7Br4N5. The molecule has 0 unspecified atom stereocenters. The molecule has 2 aromatic rings. The Morgan fingerprint density at radius 1 is 1.16 bits per heavy atom. The van der Waals surface area contributed by atoms with E-state index in [1.165, 1.54) is 0 Å². The van der Waals surface area contributed by atoms with Crippen LogP contribution < -0.4 is 0 Å². The molecule has 0 radical (unpaired) electrons. The largest absolute Gasteiger partial charge is 0.330 e. The maximum atomic E-state index is 8.26. The minimum Gasteiger partial charge on any atom is -0.330 e. The first-order valence-corrected chi connectivity index (χ1v) is 8.42. The number of azide groups is 1. The molecule has 0 N–H and O–H groups in total. The van der Waals surface area contributed by atoms with Crippen molar-refractivity contribution in [3.63, 3.8) is 0 Å². The van der Waals surface area contributed by atoms with E-state index >= 15 is 0 Å². The van der Waals surface area contributed by atoms with Gasteiger partial charge >= 0.3 is 0 Å². The summed E-state index contributed by atoms with van der Waals surface area (Å²) in [5.41, 5.74) is 10.1. The highest BCUT2D eigenvalue weighted by Gasteiger charge is 2.17. The monoisotopic (exact) mass is 513 g/mol. The van der Waals surface area contributed by atoms with E-state index in [1.807, 2.05) is 4.57 Å². The van der Waals surface area contributed by atoms with Gasteiger partial charge in [0.15, 0.2) is 0 Å². The third-order valence-electron chi connectivity index (χ3n) is 2.55. The Labute approximate surface area is 142 Å². The molecule has 9 heteroatoms. The highest BCUT2D eigenvalue weighted by Crippen LogP contribution is 2.42. The number of hydrogen-bond acceptors (Lipinski definition) is 2. The fourth-order valence-corrected chi connectivity index (χ4v) is 4.11. The second kappa shape index (κ2) is 6.58. The molecule has 0 fully saturated rings. The Kier molecular flexibility index (Phi) is 5.30. The topological polar surface area (TPSA) is 66.6 Å². The number of fused-ring (bicyclic) bond motifs is 1. The van der Waals surface area contributed by atoms with Gasteiger partial charge in [-0.2, -0.15) is 0 Å². The molecule has 0 aliphatic rings. The number of imidazole rings is 1. The van der Waals surface area contributed by atoms with E-state index < -0.39 is 0 Å². The van der Waals surface area contributed by atoms with Gasteiger partial charge in [-0.05, 0) is 75.7 Å². The van der Waals surface area contributed by atoms with Crippen molar-refractivity contribution >= 4 is 74.8 Å². The van der Waals surface area contributed by atoms with Crippen molar-refractivity contribution in [2.75, 3.05) is 6.54 Å². The zero-order chi connectivity index (χ0) is 14.0. The van der Waals surface area contributed by atoms with Crippen molar-refractivity contribution in [3.8, 4) is 0 Å². The maximum absolute atomic E-state index is 8.26. The Morgan fingerprint density at radius 2 is 1.84 bits per heavy atom. The maximum Gasteiger partial charge on any atom is 0.105 e. The summed E-state index contributed by atoms with van der Waals surface area (Å²) in [5, 5.41) is 3.53. The van der Waals surface area contributed by atoms with Crippen LogP contribution in [0.1, 0.15) is 6.42 Å². The molecule has 1 heterocycles. The van der Waals surface area contributed by atoms with E-state index in [9.17, 15) is 0 Å². The molecule has 100 valence electrons. The first-order chi connectivity index (χ1) is 9.07. The highest BCUT2D eigenvalue weighted by molar-refractivity contribution is 9.15. The fourth-order valence-electron chi connectivity index (χ4n) is 1.70. The van der Waals surface area contributed by atoms with E-state index in [2.05, 4.69) is 78.7 Å². The second-order valence-corrected chi connectivity index (χ2v) is 6.87. The van der Waals surface area contributed by atoms with Gasteiger partial charge in [-0.1, -0.05) is 5.11 Å². The molecule has 0 saturated carbocycles. The number of benzene rings is 1. The van der Waals surface area contributed by atoms with E-state index in [-0.39, 0.29) is 0 Å². The molecular weight excluding hydrogens is 510 g/mol. The van der Waals surface area contributed by atoms with Crippen LogP contribution in [0.2, 0.25) is 0 Å². The van der Waals surface area contributed by atoms with Crippen LogP contribution in [0.15, 0.2) is 29.3 Å². The van der Waals surface area contributed by atoms with Gasteiger partial charge in [0.2, 0.25) is 0 Å². The lowest BCUT2D eigenvalue weighted by molar-refractivity contribution is 0.663. The van der Waals surface area contributed by atoms with Gasteiger partial charge in [0.1, 0.15) is 5.52 Å². The molecule has 2 rings (SSSR count). The van der Waals surface area contributed by atoms with Crippen LogP contribution in [0.3, 0.4) is 0 Å². The van der Waals surface area contributed by atoms with Gasteiger partial charge in [-0.25, -0.2) is 4.98 Å². The molecule has 0 amide bonds. The van der Waals surface area contributed by atoms with Crippen LogP contribution in [0.25, 0.3) is 21.5 Å². The third kappa shape index (κ3) is 3.00. The lowest BCUT2D eigenvalue weighted by Gasteiger charge is -2.08. The molecule has 0 atom stereocenters. The number of nitrogens with zero attached hydrogens (tertiary/aromatic N) is 5. The molecule has 19 heavy (non-hydrogen) atoms. The predicted octanol–water partition coefficient (Wildman–Crippen LogP) is 5.79. The molecule has 0 aliphatic carbocycles. The summed E-state index contributed by atoms with van der Waals surface area (Å²) in [7, 11) is 0. The smallest absolute Gasteiger partial charge is 0.105 e. The Hall–Kier alpha value is -0.0800. The lowest BCUT2D eigenvalue weighted by Crippen LogP contribution is -1.98. The summed E-state index contributed by atoms with van der Waals surface area (Å²) in [6.45, 7) is 1.22. The zero-order valence-electron chi connectivity index (χ0n) is 9.45. The van der Waals surface area contributed by atoms with Crippen molar-refractivity contribution in [3.05, 3.63) is 34.7 Å². The summed E-state index contributed by atoms with van der Waals surface area (Å²) < 4.78 is 5.74. The SMILES string of the molecule is [N-]=[N+]=NCCCn1cnc2c(Br)c(Br)c(Br)c(Br)c21. The summed E-state index contributed by atoms with van der Waals surface area (Å²) in [4.78, 5) is 7.16. The minimum absolute atomic E-state index is 0.479. The van der Waals surface area contributed by atoms with Gasteiger partial charge in [-0.15, -0.1) is 0 Å². The predicted molar refractivity (Wildman–Crippen MR) is 89.2 cm³/mol. The van der Waals surface area contributed by atoms with Crippen LogP contribution in [0, 0.1) is 0 Å². The fraction of sp³-hybridized carbons (Fsp3) is 0.300. The van der Waals surface area contributed by atoms with Gasteiger partial charge in [0.25, 0.3) is 0 Å².